The lowest BCUT2D eigenvalue weighted by molar-refractivity contribution is -0.144. The van der Waals surface area contributed by atoms with Crippen LogP contribution >= 0.6 is 27.7 Å². The largest absolute Gasteiger partial charge is 0.466 e. The number of benzene rings is 1. The third kappa shape index (κ3) is 11.5. The Morgan fingerprint density at radius 3 is 2.26 bits per heavy atom. The van der Waals surface area contributed by atoms with Gasteiger partial charge in [-0.05, 0) is 44.5 Å². The number of ether oxygens (including phenoxy) is 2. The lowest BCUT2D eigenvalue weighted by Crippen LogP contribution is -2.53. The number of rotatable bonds is 13. The van der Waals surface area contributed by atoms with Gasteiger partial charge in [0.05, 0.1) is 24.9 Å². The monoisotopic (exact) mass is 576 g/mol. The Morgan fingerprint density at radius 1 is 1.06 bits per heavy atom. The van der Waals surface area contributed by atoms with E-state index in [-0.39, 0.29) is 37.5 Å². The van der Waals surface area contributed by atoms with Crippen molar-refractivity contribution in [3.8, 4) is 0 Å². The molecule has 0 heterocycles. The number of halogens is 1. The summed E-state index contributed by atoms with van der Waals surface area (Å²) < 4.78 is 10.3. The highest BCUT2D eigenvalue weighted by Gasteiger charge is 2.27. The Kier molecular flexibility index (Phi) is 13.9. The van der Waals surface area contributed by atoms with E-state index in [0.717, 1.165) is 4.47 Å². The lowest BCUT2D eigenvalue weighted by atomic mass is 10.1. The third-order valence-corrected chi connectivity index (χ3v) is 5.71. The molecule has 3 amide bonds. The number of carbonyl (C=O) groups is 5. The number of nitrogens with zero attached hydrogens (tertiary/aromatic N) is 1. The molecule has 0 aliphatic rings. The first-order chi connectivity index (χ1) is 16.6. The molecule has 0 aromatic heterocycles. The van der Waals surface area contributed by atoms with Gasteiger partial charge in [0, 0.05) is 16.6 Å². The molecule has 5 N–H and O–H groups in total. The Morgan fingerprint density at radius 2 is 1.66 bits per heavy atom. The summed E-state index contributed by atoms with van der Waals surface area (Å²) in [5, 5.41) is 14.5. The Balaban J connectivity index is 2.79. The van der Waals surface area contributed by atoms with Crippen molar-refractivity contribution in [2.75, 3.05) is 30.6 Å². The number of amides is 3. The van der Waals surface area contributed by atoms with E-state index in [2.05, 4.69) is 26.6 Å². The van der Waals surface area contributed by atoms with Gasteiger partial charge in [-0.3, -0.25) is 29.2 Å². The minimum absolute atomic E-state index is 0.0259. The molecule has 194 valence electrons. The van der Waals surface area contributed by atoms with Gasteiger partial charge in [-0.2, -0.15) is 5.06 Å². The maximum atomic E-state index is 12.6. The summed E-state index contributed by atoms with van der Waals surface area (Å²) >= 11 is 3.81. The standard InChI is InChI=1S/C21H29BrN4O8S/c1-3-33-17(27)10-9-15(23)19(29)25-16(20(30)24-11-18(28)34-4-2)12-35-21(31)26(32)14-7-5-13(22)6-8-14/h5-8,15-16,32H,3-4,9-12,23H2,1-2H3,(H,24,30)(H,25,29). The highest BCUT2D eigenvalue weighted by Crippen LogP contribution is 2.21. The highest BCUT2D eigenvalue weighted by molar-refractivity contribution is 9.10. The van der Waals surface area contributed by atoms with Crippen LogP contribution in [0.2, 0.25) is 0 Å². The summed E-state index contributed by atoms with van der Waals surface area (Å²) in [6, 6.07) is 3.84. The topological polar surface area (TPSA) is 177 Å². The van der Waals surface area contributed by atoms with E-state index in [4.69, 9.17) is 15.2 Å². The Labute approximate surface area is 215 Å². The second kappa shape index (κ2) is 16.1. The number of anilines is 1. The van der Waals surface area contributed by atoms with Crippen molar-refractivity contribution in [1.29, 1.82) is 0 Å². The number of hydroxylamine groups is 1. The molecule has 1 aromatic carbocycles. The SMILES string of the molecule is CCOC(=O)CCC(N)C(=O)NC(CSC(=O)N(O)c1ccc(Br)cc1)C(=O)NCC(=O)OCC. The summed E-state index contributed by atoms with van der Waals surface area (Å²) in [4.78, 5) is 60.5. The van der Waals surface area contributed by atoms with Gasteiger partial charge in [0.15, 0.2) is 0 Å². The number of carbonyl (C=O) groups excluding carboxylic acids is 5. The van der Waals surface area contributed by atoms with Crippen LogP contribution in [0.5, 0.6) is 0 Å². The van der Waals surface area contributed by atoms with Crippen molar-refractivity contribution in [2.24, 2.45) is 5.73 Å². The van der Waals surface area contributed by atoms with Gasteiger partial charge in [0.25, 0.3) is 0 Å². The first-order valence-corrected chi connectivity index (χ1v) is 12.4. The smallest absolute Gasteiger partial charge is 0.325 e. The van der Waals surface area contributed by atoms with Gasteiger partial charge >= 0.3 is 17.2 Å². The van der Waals surface area contributed by atoms with E-state index in [1.807, 2.05) is 0 Å². The van der Waals surface area contributed by atoms with Crippen LogP contribution in [0.4, 0.5) is 10.5 Å². The number of nitrogens with one attached hydrogen (secondary N) is 2. The first kappa shape index (κ1) is 30.4. The van der Waals surface area contributed by atoms with Crippen LogP contribution in [0.1, 0.15) is 26.7 Å². The molecule has 0 fully saturated rings. The van der Waals surface area contributed by atoms with Gasteiger partial charge in [0.2, 0.25) is 11.8 Å². The minimum atomic E-state index is -1.28. The zero-order chi connectivity index (χ0) is 26.4. The first-order valence-electron chi connectivity index (χ1n) is 10.6. The fourth-order valence-corrected chi connectivity index (χ4v) is 3.53. The molecule has 14 heteroatoms. The van der Waals surface area contributed by atoms with E-state index in [0.29, 0.717) is 16.8 Å². The summed E-state index contributed by atoms with van der Waals surface area (Å²) in [5.41, 5.74) is 6.01. The quantitative estimate of drug-likeness (QED) is 0.152. The molecule has 1 aromatic rings. The van der Waals surface area contributed by atoms with Crippen LogP contribution in [0.25, 0.3) is 0 Å². The van der Waals surface area contributed by atoms with Gasteiger partial charge in [-0.1, -0.05) is 27.7 Å². The average Bonchev–Trinajstić information content (AvgIpc) is 2.83. The number of thioether (sulfide) groups is 1. The predicted octanol–water partition coefficient (Wildman–Crippen LogP) is 1.33. The van der Waals surface area contributed by atoms with Crippen LogP contribution in [0.3, 0.4) is 0 Å². The maximum absolute atomic E-state index is 12.6. The normalized spacial score (nSPS) is 12.1. The fourth-order valence-electron chi connectivity index (χ4n) is 2.50. The van der Waals surface area contributed by atoms with Crippen LogP contribution in [0.15, 0.2) is 28.7 Å². The van der Waals surface area contributed by atoms with Gasteiger partial charge in [-0.25, -0.2) is 0 Å². The molecule has 2 unspecified atom stereocenters. The Bertz CT molecular complexity index is 887. The van der Waals surface area contributed by atoms with Crippen molar-refractivity contribution in [3.63, 3.8) is 0 Å². The number of nitrogens with two attached hydrogens (primary N) is 1. The summed E-state index contributed by atoms with van der Waals surface area (Å²) in [6.45, 7) is 3.12. The maximum Gasteiger partial charge on any atom is 0.325 e. The molecular weight excluding hydrogens is 548 g/mol. The summed E-state index contributed by atoms with van der Waals surface area (Å²) in [7, 11) is 0. The van der Waals surface area contributed by atoms with Crippen molar-refractivity contribution < 1.29 is 38.7 Å². The fraction of sp³-hybridized carbons (Fsp3) is 0.476. The molecule has 0 aliphatic carbocycles. The van der Waals surface area contributed by atoms with Crippen molar-refractivity contribution in [1.82, 2.24) is 10.6 Å². The van der Waals surface area contributed by atoms with Crippen molar-refractivity contribution >= 4 is 62.4 Å². The van der Waals surface area contributed by atoms with E-state index in [1.165, 1.54) is 12.1 Å². The van der Waals surface area contributed by atoms with E-state index >= 15 is 0 Å². The number of hydrogen-bond acceptors (Lipinski definition) is 10. The lowest BCUT2D eigenvalue weighted by Gasteiger charge is -2.21. The minimum Gasteiger partial charge on any atom is -0.466 e. The molecule has 0 radical (unpaired) electrons. The van der Waals surface area contributed by atoms with Crippen molar-refractivity contribution in [3.05, 3.63) is 28.7 Å². The summed E-state index contributed by atoms with van der Waals surface area (Å²) in [5.74, 6) is -2.99. The van der Waals surface area contributed by atoms with Crippen LogP contribution in [-0.2, 0) is 28.7 Å². The highest BCUT2D eigenvalue weighted by atomic mass is 79.9. The molecule has 12 nitrogen and oxygen atoms in total. The second-order valence-electron chi connectivity index (χ2n) is 6.90. The second-order valence-corrected chi connectivity index (χ2v) is 8.79. The van der Waals surface area contributed by atoms with Gasteiger partial charge in [0.1, 0.15) is 12.6 Å². The van der Waals surface area contributed by atoms with Crippen LogP contribution in [-0.4, -0.2) is 71.8 Å². The zero-order valence-electron chi connectivity index (χ0n) is 19.3. The molecule has 0 aliphatic heterocycles. The molecule has 0 bridgehead atoms. The average molecular weight is 577 g/mol. The van der Waals surface area contributed by atoms with Crippen molar-refractivity contribution in [2.45, 2.75) is 38.8 Å². The zero-order valence-corrected chi connectivity index (χ0v) is 21.7. The van der Waals surface area contributed by atoms with E-state index < -0.39 is 47.6 Å². The predicted molar refractivity (Wildman–Crippen MR) is 132 cm³/mol. The van der Waals surface area contributed by atoms with Gasteiger partial charge in [-0.15, -0.1) is 0 Å². The van der Waals surface area contributed by atoms with E-state index in [1.54, 1.807) is 26.0 Å². The molecular formula is C21H29BrN4O8S. The molecule has 0 saturated carbocycles. The molecule has 35 heavy (non-hydrogen) atoms. The van der Waals surface area contributed by atoms with Crippen LogP contribution in [0, 0.1) is 0 Å². The third-order valence-electron chi connectivity index (χ3n) is 4.26. The van der Waals surface area contributed by atoms with E-state index in [9.17, 15) is 29.2 Å². The van der Waals surface area contributed by atoms with Gasteiger partial charge < -0.3 is 25.8 Å². The Hall–Kier alpha value is -2.68. The molecule has 2 atom stereocenters. The molecule has 1 rings (SSSR count). The summed E-state index contributed by atoms with van der Waals surface area (Å²) in [6.07, 6.45) is -0.121. The number of esters is 2. The molecule has 0 saturated heterocycles. The number of hydrogen-bond donors (Lipinski definition) is 4. The van der Waals surface area contributed by atoms with Crippen LogP contribution < -0.4 is 21.4 Å². The molecule has 0 spiro atoms.